The quantitative estimate of drug-likeness (QED) is 0.588. The molecule has 1 aliphatic heterocycles. The first-order chi connectivity index (χ1) is 8.36. The van der Waals surface area contributed by atoms with E-state index in [4.69, 9.17) is 15.9 Å². The summed E-state index contributed by atoms with van der Waals surface area (Å²) in [4.78, 5) is 3.40. The van der Waals surface area contributed by atoms with Gasteiger partial charge in [-0.05, 0) is 33.2 Å². The van der Waals surface area contributed by atoms with Gasteiger partial charge in [0.2, 0.25) is 6.54 Å². The highest BCUT2D eigenvalue weighted by atomic mass is 16.7. The summed E-state index contributed by atoms with van der Waals surface area (Å²) in [5, 5.41) is 0. The van der Waals surface area contributed by atoms with Gasteiger partial charge in [0.25, 0.3) is 0 Å². The Hall–Kier alpha value is -1.31. The summed E-state index contributed by atoms with van der Waals surface area (Å²) in [5.41, 5.74) is 1.33. The Kier molecular flexibility index (Phi) is 3.22. The smallest absolute Gasteiger partial charge is 0.399 e. The lowest BCUT2D eigenvalue weighted by atomic mass is 9.78. The van der Waals surface area contributed by atoms with Crippen molar-refractivity contribution in [3.63, 3.8) is 0 Å². The lowest BCUT2D eigenvalue weighted by Gasteiger charge is -2.32. The molecular formula is C14H18BNO2. The normalized spacial score (nSPS) is 20.7. The minimum atomic E-state index is -0.347. The van der Waals surface area contributed by atoms with Crippen molar-refractivity contribution in [3.8, 4) is 0 Å². The van der Waals surface area contributed by atoms with Gasteiger partial charge in [-0.2, -0.15) is 0 Å². The zero-order chi connectivity index (χ0) is 13.4. The van der Waals surface area contributed by atoms with E-state index >= 15 is 0 Å². The number of hydrogen-bond donors (Lipinski definition) is 0. The highest BCUT2D eigenvalue weighted by Gasteiger charge is 2.51. The third-order valence-corrected chi connectivity index (χ3v) is 3.74. The predicted octanol–water partition coefficient (Wildman–Crippen LogP) is 2.41. The lowest BCUT2D eigenvalue weighted by molar-refractivity contribution is 0.00578. The zero-order valence-electron chi connectivity index (χ0n) is 11.4. The summed E-state index contributed by atoms with van der Waals surface area (Å²) < 4.78 is 12.0. The van der Waals surface area contributed by atoms with Crippen molar-refractivity contribution in [1.29, 1.82) is 0 Å². The van der Waals surface area contributed by atoms with Crippen LogP contribution in [0.15, 0.2) is 24.3 Å². The molecule has 18 heavy (non-hydrogen) atoms. The molecule has 0 amide bonds. The largest absolute Gasteiger partial charge is 0.494 e. The summed E-state index contributed by atoms with van der Waals surface area (Å²) >= 11 is 0. The van der Waals surface area contributed by atoms with Crippen LogP contribution in [-0.4, -0.2) is 18.3 Å². The Morgan fingerprint density at radius 1 is 1.17 bits per heavy atom. The Labute approximate surface area is 109 Å². The third kappa shape index (κ3) is 2.29. The zero-order valence-corrected chi connectivity index (χ0v) is 11.4. The molecule has 1 aromatic carbocycles. The summed E-state index contributed by atoms with van der Waals surface area (Å²) in [6.45, 7) is 15.5. The SMILES string of the molecule is [C-]#[N+]Cc1cccc(B2OC(C)(C)C(C)(C)O2)c1. The van der Waals surface area contributed by atoms with E-state index in [1.807, 2.05) is 52.0 Å². The molecule has 0 radical (unpaired) electrons. The fraction of sp³-hybridized carbons (Fsp3) is 0.500. The molecule has 1 aliphatic rings. The molecule has 0 bridgehead atoms. The maximum Gasteiger partial charge on any atom is 0.494 e. The average molecular weight is 243 g/mol. The van der Waals surface area contributed by atoms with Crippen molar-refractivity contribution in [1.82, 2.24) is 0 Å². The lowest BCUT2D eigenvalue weighted by Crippen LogP contribution is -2.41. The molecule has 1 fully saturated rings. The molecule has 1 saturated heterocycles. The standard InChI is InChI=1S/C14H18BNO2/c1-13(2)14(3,4)18-15(17-13)12-8-6-7-11(9-12)10-16-5/h6-9H,10H2,1-4H3. The van der Waals surface area contributed by atoms with Gasteiger partial charge in [0.15, 0.2) is 0 Å². The van der Waals surface area contributed by atoms with E-state index < -0.39 is 0 Å². The minimum Gasteiger partial charge on any atom is -0.399 e. The van der Waals surface area contributed by atoms with Crippen molar-refractivity contribution >= 4 is 12.6 Å². The van der Waals surface area contributed by atoms with Gasteiger partial charge in [0.1, 0.15) is 0 Å². The molecule has 0 unspecified atom stereocenters. The Balaban J connectivity index is 2.24. The second-order valence-electron chi connectivity index (χ2n) is 5.65. The van der Waals surface area contributed by atoms with Gasteiger partial charge in [-0.25, -0.2) is 6.57 Å². The van der Waals surface area contributed by atoms with Crippen LogP contribution in [0.3, 0.4) is 0 Å². The highest BCUT2D eigenvalue weighted by molar-refractivity contribution is 6.62. The van der Waals surface area contributed by atoms with Crippen molar-refractivity contribution in [2.45, 2.75) is 45.4 Å². The van der Waals surface area contributed by atoms with Crippen LogP contribution in [0.5, 0.6) is 0 Å². The molecule has 0 aliphatic carbocycles. The third-order valence-electron chi connectivity index (χ3n) is 3.74. The van der Waals surface area contributed by atoms with Crippen molar-refractivity contribution in [2.24, 2.45) is 0 Å². The van der Waals surface area contributed by atoms with Crippen LogP contribution in [0.1, 0.15) is 33.3 Å². The van der Waals surface area contributed by atoms with Crippen LogP contribution in [0.4, 0.5) is 0 Å². The molecule has 0 atom stereocenters. The average Bonchev–Trinajstić information content (AvgIpc) is 2.49. The van der Waals surface area contributed by atoms with Gasteiger partial charge in [-0.15, -0.1) is 0 Å². The maximum absolute atomic E-state index is 6.91. The molecule has 0 saturated carbocycles. The summed E-state index contributed by atoms with van der Waals surface area (Å²) in [5.74, 6) is 0. The van der Waals surface area contributed by atoms with Gasteiger partial charge in [-0.1, -0.05) is 24.3 Å². The maximum atomic E-state index is 6.91. The van der Waals surface area contributed by atoms with E-state index in [2.05, 4.69) is 4.85 Å². The highest BCUT2D eigenvalue weighted by Crippen LogP contribution is 2.36. The van der Waals surface area contributed by atoms with Gasteiger partial charge in [0.05, 0.1) is 11.2 Å². The Morgan fingerprint density at radius 3 is 2.33 bits per heavy atom. The summed E-state index contributed by atoms with van der Waals surface area (Å²) in [6.07, 6.45) is 0. The predicted molar refractivity (Wildman–Crippen MR) is 72.5 cm³/mol. The second kappa shape index (κ2) is 4.42. The topological polar surface area (TPSA) is 22.8 Å². The van der Waals surface area contributed by atoms with Crippen molar-refractivity contribution < 1.29 is 9.31 Å². The van der Waals surface area contributed by atoms with E-state index in [0.717, 1.165) is 11.0 Å². The van der Waals surface area contributed by atoms with Gasteiger partial charge in [0, 0.05) is 5.56 Å². The fourth-order valence-corrected chi connectivity index (χ4v) is 1.91. The monoisotopic (exact) mass is 243 g/mol. The van der Waals surface area contributed by atoms with Crippen molar-refractivity contribution in [3.05, 3.63) is 41.2 Å². The van der Waals surface area contributed by atoms with E-state index in [0.29, 0.717) is 6.54 Å². The Morgan fingerprint density at radius 2 is 1.78 bits per heavy atom. The molecule has 0 aromatic heterocycles. The number of nitrogens with zero attached hydrogens (tertiary/aromatic N) is 1. The number of hydrogen-bond acceptors (Lipinski definition) is 2. The molecule has 94 valence electrons. The molecule has 1 aromatic rings. The Bertz CT molecular complexity index is 475. The molecule has 3 nitrogen and oxygen atoms in total. The van der Waals surface area contributed by atoms with E-state index in [1.165, 1.54) is 0 Å². The van der Waals surface area contributed by atoms with E-state index in [-0.39, 0.29) is 18.3 Å². The van der Waals surface area contributed by atoms with Crippen LogP contribution in [0.25, 0.3) is 4.85 Å². The van der Waals surface area contributed by atoms with Gasteiger partial charge in [-0.3, -0.25) is 0 Å². The van der Waals surface area contributed by atoms with Crippen LogP contribution in [-0.2, 0) is 15.9 Å². The van der Waals surface area contributed by atoms with Gasteiger partial charge >= 0.3 is 7.12 Å². The van der Waals surface area contributed by atoms with Crippen LogP contribution in [0.2, 0.25) is 0 Å². The van der Waals surface area contributed by atoms with Crippen LogP contribution >= 0.6 is 0 Å². The summed E-state index contributed by atoms with van der Waals surface area (Å²) in [6, 6.07) is 7.86. The van der Waals surface area contributed by atoms with E-state index in [1.54, 1.807) is 0 Å². The molecule has 0 N–H and O–H groups in total. The number of rotatable bonds is 2. The van der Waals surface area contributed by atoms with Crippen molar-refractivity contribution in [2.75, 3.05) is 0 Å². The first kappa shape index (κ1) is 13.1. The second-order valence-corrected chi connectivity index (χ2v) is 5.65. The molecule has 4 heteroatoms. The van der Waals surface area contributed by atoms with Crippen LogP contribution in [0, 0.1) is 6.57 Å². The number of benzene rings is 1. The first-order valence-corrected chi connectivity index (χ1v) is 6.13. The first-order valence-electron chi connectivity index (χ1n) is 6.13. The molecule has 2 rings (SSSR count). The molecule has 1 heterocycles. The molecular weight excluding hydrogens is 225 g/mol. The van der Waals surface area contributed by atoms with E-state index in [9.17, 15) is 0 Å². The minimum absolute atomic E-state index is 0.326. The van der Waals surface area contributed by atoms with Gasteiger partial charge < -0.3 is 14.2 Å². The molecule has 0 spiro atoms. The van der Waals surface area contributed by atoms with Crippen LogP contribution < -0.4 is 5.46 Å². The summed E-state index contributed by atoms with van der Waals surface area (Å²) in [7, 11) is -0.347. The fourth-order valence-electron chi connectivity index (χ4n) is 1.91.